The predicted molar refractivity (Wildman–Crippen MR) is 142 cm³/mol. The average molecular weight is 455 g/mol. The largest absolute Gasteiger partial charge is 0.393 e. The van der Waals surface area contributed by atoms with E-state index in [0.29, 0.717) is 16.7 Å². The normalized spacial score (nSPS) is 46.2. The topological polar surface area (TPSA) is 20.2 Å². The van der Waals surface area contributed by atoms with Gasteiger partial charge in [-0.2, -0.15) is 0 Å². The van der Waals surface area contributed by atoms with Gasteiger partial charge in [-0.1, -0.05) is 85.6 Å². The van der Waals surface area contributed by atoms with Crippen LogP contribution in [0.1, 0.15) is 121 Å². The van der Waals surface area contributed by atoms with Gasteiger partial charge in [0.05, 0.1) is 6.10 Å². The number of aliphatic hydroxyl groups is 1. The fourth-order valence-corrected chi connectivity index (χ4v) is 9.50. The van der Waals surface area contributed by atoms with Gasteiger partial charge in [-0.25, -0.2) is 0 Å². The molecule has 1 heteroatoms. The molecule has 4 aliphatic carbocycles. The van der Waals surface area contributed by atoms with Crippen LogP contribution in [0.5, 0.6) is 0 Å². The van der Waals surface area contributed by atoms with Crippen LogP contribution >= 0.6 is 0 Å². The van der Waals surface area contributed by atoms with E-state index in [1.165, 1.54) is 44.9 Å². The molecule has 1 N–H and O–H groups in total. The number of aliphatic hydroxyl groups excluding tert-OH is 1. The Labute approximate surface area is 205 Å². The van der Waals surface area contributed by atoms with E-state index in [9.17, 15) is 5.11 Å². The van der Waals surface area contributed by atoms with E-state index in [4.69, 9.17) is 0 Å². The number of rotatable bonds is 3. The van der Waals surface area contributed by atoms with Crippen LogP contribution in [0.25, 0.3) is 0 Å². The highest BCUT2D eigenvalue weighted by Gasteiger charge is 2.65. The van der Waals surface area contributed by atoms with Crippen molar-refractivity contribution in [3.63, 3.8) is 0 Å². The van der Waals surface area contributed by atoms with Crippen LogP contribution < -0.4 is 0 Å². The van der Waals surface area contributed by atoms with Gasteiger partial charge in [-0.15, -0.1) is 0 Å². The van der Waals surface area contributed by atoms with E-state index < -0.39 is 0 Å². The summed E-state index contributed by atoms with van der Waals surface area (Å²) in [5.41, 5.74) is 4.78. The van der Waals surface area contributed by atoms with Gasteiger partial charge in [-0.3, -0.25) is 0 Å². The molecule has 0 aromatic carbocycles. The van der Waals surface area contributed by atoms with E-state index in [1.807, 2.05) is 0 Å². The summed E-state index contributed by atoms with van der Waals surface area (Å²) in [6.07, 6.45) is 15.2. The van der Waals surface area contributed by atoms with Crippen molar-refractivity contribution in [1.82, 2.24) is 0 Å². The van der Waals surface area contributed by atoms with E-state index in [2.05, 4.69) is 81.4 Å². The maximum Gasteiger partial charge on any atom is 0.0594 e. The fraction of sp³-hybridized carbons (Fsp3) is 0.875. The summed E-state index contributed by atoms with van der Waals surface area (Å²) in [7, 11) is 0. The molecule has 0 heterocycles. The lowest BCUT2D eigenvalue weighted by Gasteiger charge is -2.64. The number of fused-ring (bicyclic) bond motifs is 5. The highest BCUT2D eigenvalue weighted by atomic mass is 16.3. The van der Waals surface area contributed by atoms with Crippen molar-refractivity contribution >= 4 is 0 Å². The first-order chi connectivity index (χ1) is 15.1. The first-order valence-electron chi connectivity index (χ1n) is 14.1. The third kappa shape index (κ3) is 3.65. The smallest absolute Gasteiger partial charge is 0.0594 e. The lowest BCUT2D eigenvalue weighted by Crippen LogP contribution is -2.57. The van der Waals surface area contributed by atoms with Crippen LogP contribution in [-0.2, 0) is 0 Å². The van der Waals surface area contributed by atoms with Crippen molar-refractivity contribution in [3.8, 4) is 0 Å². The van der Waals surface area contributed by atoms with Crippen LogP contribution in [0.2, 0.25) is 0 Å². The van der Waals surface area contributed by atoms with Crippen LogP contribution in [0.15, 0.2) is 23.3 Å². The van der Waals surface area contributed by atoms with Crippen molar-refractivity contribution in [3.05, 3.63) is 23.3 Å². The second kappa shape index (κ2) is 7.97. The van der Waals surface area contributed by atoms with Gasteiger partial charge < -0.3 is 5.11 Å². The molecule has 0 amide bonds. The molecule has 0 unspecified atom stereocenters. The van der Waals surface area contributed by atoms with E-state index >= 15 is 0 Å². The Morgan fingerprint density at radius 1 is 1.03 bits per heavy atom. The lowest BCUT2D eigenvalue weighted by molar-refractivity contribution is -0.118. The molecule has 0 bridgehead atoms. The molecular weight excluding hydrogens is 400 g/mol. The summed E-state index contributed by atoms with van der Waals surface area (Å²) in [6.45, 7) is 24.5. The van der Waals surface area contributed by atoms with Gasteiger partial charge in [0.25, 0.3) is 0 Å². The molecule has 0 aliphatic heterocycles. The van der Waals surface area contributed by atoms with Crippen LogP contribution in [0.4, 0.5) is 0 Å². The Kier molecular flexibility index (Phi) is 6.17. The summed E-state index contributed by atoms with van der Waals surface area (Å²) in [5.74, 6) is 2.93. The molecular formula is C32H54O. The summed E-state index contributed by atoms with van der Waals surface area (Å²) in [6, 6.07) is 0. The standard InChI is InChI=1S/C32H54O/c1-21(11-12-22(2)28(3,4)5)23-15-19-32(10)25-13-14-26-29(6,7)27(33)17-18-30(26,8)24(25)16-20-31(23,32)9/h12,16,21,23,25-27,33H,11,13-15,17-20H2,1-10H3/b22-12+/t21-,23+,25-,26-,27+,30+,31+,32+/m1/s1. The second-order valence-corrected chi connectivity index (χ2v) is 15.2. The third-order valence-corrected chi connectivity index (χ3v) is 12.5. The van der Waals surface area contributed by atoms with Crippen LogP contribution in [0, 0.1) is 50.7 Å². The molecule has 0 aromatic heterocycles. The SMILES string of the molecule is C/C(=C\C[C@@H](C)[C@@H]1CC[C@@]2(C)[C@@H]3CC[C@@H]4C(C)(C)[C@@H](O)CC[C@@]4(C)C3=CC[C@@]12C)C(C)(C)C. The Balaban J connectivity index is 1.63. The van der Waals surface area contributed by atoms with E-state index in [0.717, 1.165) is 24.2 Å². The molecule has 3 saturated carbocycles. The zero-order valence-electron chi connectivity index (χ0n) is 23.6. The molecule has 1 nitrogen and oxygen atoms in total. The highest BCUT2D eigenvalue weighted by molar-refractivity contribution is 5.32. The Bertz CT molecular complexity index is 824. The molecule has 4 rings (SSSR count). The maximum absolute atomic E-state index is 10.8. The number of hydrogen-bond donors (Lipinski definition) is 1. The van der Waals surface area contributed by atoms with E-state index in [1.54, 1.807) is 11.1 Å². The Hall–Kier alpha value is -0.560. The van der Waals surface area contributed by atoms with Gasteiger partial charge in [-0.05, 0) is 109 Å². The van der Waals surface area contributed by atoms with Gasteiger partial charge in [0.1, 0.15) is 0 Å². The lowest BCUT2D eigenvalue weighted by atomic mass is 9.41. The highest BCUT2D eigenvalue weighted by Crippen LogP contribution is 2.73. The summed E-state index contributed by atoms with van der Waals surface area (Å²) in [4.78, 5) is 0. The molecule has 188 valence electrons. The molecule has 0 aromatic rings. The Morgan fingerprint density at radius 3 is 2.33 bits per heavy atom. The fourth-order valence-electron chi connectivity index (χ4n) is 9.50. The predicted octanol–water partition coefficient (Wildman–Crippen LogP) is 8.97. The van der Waals surface area contributed by atoms with Crippen molar-refractivity contribution in [2.45, 2.75) is 127 Å². The third-order valence-electron chi connectivity index (χ3n) is 12.5. The van der Waals surface area contributed by atoms with Gasteiger partial charge in [0.2, 0.25) is 0 Å². The van der Waals surface area contributed by atoms with Gasteiger partial charge in [0.15, 0.2) is 0 Å². The van der Waals surface area contributed by atoms with Gasteiger partial charge >= 0.3 is 0 Å². The van der Waals surface area contributed by atoms with Crippen molar-refractivity contribution in [2.75, 3.05) is 0 Å². The van der Waals surface area contributed by atoms with Crippen molar-refractivity contribution in [1.29, 1.82) is 0 Å². The van der Waals surface area contributed by atoms with Crippen LogP contribution in [0.3, 0.4) is 0 Å². The molecule has 0 saturated heterocycles. The Morgan fingerprint density at radius 2 is 1.70 bits per heavy atom. The number of allylic oxidation sites excluding steroid dienone is 4. The molecule has 33 heavy (non-hydrogen) atoms. The van der Waals surface area contributed by atoms with Crippen molar-refractivity contribution < 1.29 is 5.11 Å². The minimum atomic E-state index is -0.140. The number of hydrogen-bond acceptors (Lipinski definition) is 1. The van der Waals surface area contributed by atoms with E-state index in [-0.39, 0.29) is 22.3 Å². The zero-order chi connectivity index (χ0) is 24.6. The van der Waals surface area contributed by atoms with Gasteiger partial charge in [0, 0.05) is 0 Å². The average Bonchev–Trinajstić information content (AvgIpc) is 3.00. The molecule has 3 fully saturated rings. The van der Waals surface area contributed by atoms with Crippen LogP contribution in [-0.4, -0.2) is 11.2 Å². The summed E-state index contributed by atoms with van der Waals surface area (Å²) >= 11 is 0. The minimum absolute atomic E-state index is 0.0322. The quantitative estimate of drug-likeness (QED) is 0.422. The minimum Gasteiger partial charge on any atom is -0.393 e. The first kappa shape index (κ1) is 25.5. The molecule has 8 atom stereocenters. The maximum atomic E-state index is 10.8. The molecule has 0 radical (unpaired) electrons. The monoisotopic (exact) mass is 454 g/mol. The summed E-state index contributed by atoms with van der Waals surface area (Å²) < 4.78 is 0. The first-order valence-corrected chi connectivity index (χ1v) is 14.1. The van der Waals surface area contributed by atoms with Crippen molar-refractivity contribution in [2.24, 2.45) is 50.7 Å². The zero-order valence-corrected chi connectivity index (χ0v) is 23.6. The summed E-state index contributed by atoms with van der Waals surface area (Å²) in [5, 5.41) is 10.8. The molecule has 0 spiro atoms. The molecule has 4 aliphatic rings. The second-order valence-electron chi connectivity index (χ2n) is 15.2.